The summed E-state index contributed by atoms with van der Waals surface area (Å²) in [6.07, 6.45) is 1.51. The zero-order chi connectivity index (χ0) is 18.7. The van der Waals surface area contributed by atoms with Gasteiger partial charge in [0.25, 0.3) is 11.1 Å². The molecule has 9 heteroatoms. The molecule has 1 aromatic carbocycles. The van der Waals surface area contributed by atoms with Gasteiger partial charge in [0.15, 0.2) is 0 Å². The molecule has 0 aliphatic carbocycles. The number of rotatable bonds is 4. The minimum Gasteiger partial charge on any atom is -0.478 e. The molecular weight excluding hydrogens is 360 g/mol. The summed E-state index contributed by atoms with van der Waals surface area (Å²) in [6.45, 7) is 1.49. The van der Waals surface area contributed by atoms with Gasteiger partial charge in [-0.05, 0) is 35.5 Å². The molecule has 0 saturated carbocycles. The highest BCUT2D eigenvalue weighted by Crippen LogP contribution is 2.32. The van der Waals surface area contributed by atoms with E-state index in [0.717, 1.165) is 16.7 Å². The van der Waals surface area contributed by atoms with E-state index in [-0.39, 0.29) is 22.9 Å². The number of ether oxygens (including phenoxy) is 1. The molecule has 0 radical (unpaired) electrons. The van der Waals surface area contributed by atoms with Crippen LogP contribution in [-0.4, -0.2) is 70.8 Å². The first-order valence-electron chi connectivity index (χ1n) is 7.90. The summed E-state index contributed by atoms with van der Waals surface area (Å²) >= 11 is 0.763. The molecule has 2 aliphatic rings. The fourth-order valence-corrected chi connectivity index (χ4v) is 3.40. The number of imide groups is 1. The number of amides is 3. The fourth-order valence-electron chi connectivity index (χ4n) is 2.56. The molecule has 0 aromatic heterocycles. The summed E-state index contributed by atoms with van der Waals surface area (Å²) in [6, 6.07) is 5.94. The Kier molecular flexibility index (Phi) is 5.38. The standard InChI is InChI=1S/C17H16N2O6S/c20-14(18-5-7-25-8-6-18)10-19-15(21)13(26-17(19)24)9-11-1-3-12(4-2-11)16(22)23/h1-4,9H,5-8,10H2,(H,22,23). The van der Waals surface area contributed by atoms with E-state index in [9.17, 15) is 19.2 Å². The van der Waals surface area contributed by atoms with Gasteiger partial charge < -0.3 is 14.7 Å². The van der Waals surface area contributed by atoms with Gasteiger partial charge in [0.05, 0.1) is 23.7 Å². The van der Waals surface area contributed by atoms with Crippen molar-refractivity contribution in [2.24, 2.45) is 0 Å². The Balaban J connectivity index is 1.69. The second-order valence-electron chi connectivity index (χ2n) is 5.69. The van der Waals surface area contributed by atoms with E-state index in [1.807, 2.05) is 0 Å². The number of carboxylic acids is 1. The highest BCUT2D eigenvalue weighted by Gasteiger charge is 2.37. The van der Waals surface area contributed by atoms with E-state index in [1.165, 1.54) is 18.2 Å². The largest absolute Gasteiger partial charge is 0.478 e. The van der Waals surface area contributed by atoms with E-state index < -0.39 is 17.1 Å². The zero-order valence-corrected chi connectivity index (χ0v) is 14.5. The topological polar surface area (TPSA) is 104 Å². The number of hydrogen-bond donors (Lipinski definition) is 1. The van der Waals surface area contributed by atoms with Crippen LogP contribution in [0.1, 0.15) is 15.9 Å². The lowest BCUT2D eigenvalue weighted by molar-refractivity contribution is -0.139. The number of hydrogen-bond acceptors (Lipinski definition) is 6. The van der Waals surface area contributed by atoms with Crippen LogP contribution in [0.15, 0.2) is 29.2 Å². The Morgan fingerprint density at radius 3 is 2.42 bits per heavy atom. The summed E-state index contributed by atoms with van der Waals surface area (Å²) in [4.78, 5) is 50.4. The lowest BCUT2D eigenvalue weighted by Gasteiger charge is -2.28. The van der Waals surface area contributed by atoms with Gasteiger partial charge in [0.1, 0.15) is 6.54 Å². The number of aromatic carboxylic acids is 1. The van der Waals surface area contributed by atoms with Crippen molar-refractivity contribution >= 4 is 40.9 Å². The summed E-state index contributed by atoms with van der Waals surface area (Å²) in [5.41, 5.74) is 0.728. The van der Waals surface area contributed by atoms with Crippen LogP contribution in [0.5, 0.6) is 0 Å². The molecule has 1 N–H and O–H groups in total. The van der Waals surface area contributed by atoms with Gasteiger partial charge in [-0.25, -0.2) is 4.79 Å². The highest BCUT2D eigenvalue weighted by atomic mass is 32.2. The van der Waals surface area contributed by atoms with Crippen molar-refractivity contribution < 1.29 is 29.0 Å². The molecule has 0 atom stereocenters. The smallest absolute Gasteiger partial charge is 0.335 e. The van der Waals surface area contributed by atoms with E-state index in [0.29, 0.717) is 31.9 Å². The maximum absolute atomic E-state index is 12.4. The zero-order valence-electron chi connectivity index (χ0n) is 13.7. The van der Waals surface area contributed by atoms with Gasteiger partial charge in [0.2, 0.25) is 5.91 Å². The number of carbonyl (C=O) groups is 4. The maximum Gasteiger partial charge on any atom is 0.335 e. The van der Waals surface area contributed by atoms with Crippen LogP contribution < -0.4 is 0 Å². The lowest BCUT2D eigenvalue weighted by atomic mass is 10.1. The third-order valence-electron chi connectivity index (χ3n) is 3.99. The number of benzene rings is 1. The number of morpholine rings is 1. The van der Waals surface area contributed by atoms with Gasteiger partial charge in [-0.2, -0.15) is 0 Å². The van der Waals surface area contributed by atoms with E-state index in [2.05, 4.69) is 0 Å². The van der Waals surface area contributed by atoms with Crippen molar-refractivity contribution in [3.8, 4) is 0 Å². The average Bonchev–Trinajstić information content (AvgIpc) is 2.90. The quantitative estimate of drug-likeness (QED) is 0.789. The summed E-state index contributed by atoms with van der Waals surface area (Å²) in [7, 11) is 0. The molecule has 8 nitrogen and oxygen atoms in total. The van der Waals surface area contributed by atoms with E-state index >= 15 is 0 Å². The van der Waals surface area contributed by atoms with Crippen molar-refractivity contribution in [2.75, 3.05) is 32.8 Å². The second kappa shape index (κ2) is 7.71. The number of nitrogens with zero attached hydrogens (tertiary/aromatic N) is 2. The fraction of sp³-hybridized carbons (Fsp3) is 0.294. The summed E-state index contributed by atoms with van der Waals surface area (Å²) in [5.74, 6) is -1.86. The Morgan fingerprint density at radius 1 is 1.15 bits per heavy atom. The Labute approximate surface area is 153 Å². The van der Waals surface area contributed by atoms with E-state index in [1.54, 1.807) is 17.0 Å². The maximum atomic E-state index is 12.4. The van der Waals surface area contributed by atoms with Crippen LogP contribution in [0.3, 0.4) is 0 Å². The second-order valence-corrected chi connectivity index (χ2v) is 6.68. The van der Waals surface area contributed by atoms with Crippen LogP contribution in [0.4, 0.5) is 4.79 Å². The molecule has 26 heavy (non-hydrogen) atoms. The first-order valence-corrected chi connectivity index (χ1v) is 8.71. The summed E-state index contributed by atoms with van der Waals surface area (Å²) < 4.78 is 5.18. The van der Waals surface area contributed by atoms with Gasteiger partial charge in [-0.1, -0.05) is 12.1 Å². The third-order valence-corrected chi connectivity index (χ3v) is 4.89. The molecule has 3 rings (SSSR count). The number of carboxylic acid groups (broad SMARTS) is 1. The first kappa shape index (κ1) is 18.2. The molecular formula is C17H16N2O6S. The van der Waals surface area contributed by atoms with Gasteiger partial charge in [0, 0.05) is 13.1 Å². The molecule has 2 aliphatic heterocycles. The molecule has 2 heterocycles. The van der Waals surface area contributed by atoms with Crippen LogP contribution in [0.2, 0.25) is 0 Å². The number of carbonyl (C=O) groups excluding carboxylic acids is 3. The molecule has 2 fully saturated rings. The normalized spacial score (nSPS) is 19.3. The van der Waals surface area contributed by atoms with Crippen LogP contribution in [0, 0.1) is 0 Å². The molecule has 0 bridgehead atoms. The minimum absolute atomic E-state index is 0.131. The molecule has 1 aromatic rings. The van der Waals surface area contributed by atoms with Crippen molar-refractivity contribution in [1.29, 1.82) is 0 Å². The predicted octanol–water partition coefficient (Wildman–Crippen LogP) is 1.28. The van der Waals surface area contributed by atoms with Crippen LogP contribution >= 0.6 is 11.8 Å². The Morgan fingerprint density at radius 2 is 1.81 bits per heavy atom. The minimum atomic E-state index is -1.04. The van der Waals surface area contributed by atoms with Gasteiger partial charge in [-0.15, -0.1) is 0 Å². The van der Waals surface area contributed by atoms with Crippen LogP contribution in [-0.2, 0) is 14.3 Å². The van der Waals surface area contributed by atoms with Crippen molar-refractivity contribution in [3.05, 3.63) is 40.3 Å². The van der Waals surface area contributed by atoms with Crippen molar-refractivity contribution in [2.45, 2.75) is 0 Å². The SMILES string of the molecule is O=C(O)c1ccc(C=C2SC(=O)N(CC(=O)N3CCOCC3)C2=O)cc1. The Bertz CT molecular complexity index is 783. The molecule has 2 saturated heterocycles. The summed E-state index contributed by atoms with van der Waals surface area (Å²) in [5, 5.41) is 8.40. The van der Waals surface area contributed by atoms with Gasteiger partial charge in [-0.3, -0.25) is 19.3 Å². The van der Waals surface area contributed by atoms with E-state index in [4.69, 9.17) is 9.84 Å². The highest BCUT2D eigenvalue weighted by molar-refractivity contribution is 8.18. The lowest BCUT2D eigenvalue weighted by Crippen LogP contribution is -2.46. The third kappa shape index (κ3) is 3.94. The molecule has 3 amide bonds. The molecule has 0 unspecified atom stereocenters. The molecule has 0 spiro atoms. The van der Waals surface area contributed by atoms with Crippen molar-refractivity contribution in [3.63, 3.8) is 0 Å². The van der Waals surface area contributed by atoms with Gasteiger partial charge >= 0.3 is 5.97 Å². The van der Waals surface area contributed by atoms with Crippen molar-refractivity contribution in [1.82, 2.24) is 9.80 Å². The molecule has 136 valence electrons. The predicted molar refractivity (Wildman–Crippen MR) is 93.5 cm³/mol. The van der Waals surface area contributed by atoms with Crippen LogP contribution in [0.25, 0.3) is 6.08 Å². The average molecular weight is 376 g/mol. The first-order chi connectivity index (χ1) is 12.5. The Hall–Kier alpha value is -2.65. The monoisotopic (exact) mass is 376 g/mol. The number of thioether (sulfide) groups is 1.